The Balaban J connectivity index is 3.39. The lowest BCUT2D eigenvalue weighted by molar-refractivity contribution is -0.386. The number of Topliss-reactive ketones (excluding diaryl/α,β-unsaturated/α-hetero) is 1. The van der Waals surface area contributed by atoms with Crippen LogP contribution in [0.15, 0.2) is 16.6 Å². The number of nitro benzene ring substituents is 1. The molecule has 0 aromatic heterocycles. The first-order valence-corrected chi connectivity index (χ1v) is 5.38. The van der Waals surface area contributed by atoms with Crippen LogP contribution < -0.4 is 4.74 Å². The van der Waals surface area contributed by atoms with Crippen molar-refractivity contribution >= 4 is 27.4 Å². The molecule has 86 valence electrons. The Morgan fingerprint density at radius 2 is 2.19 bits per heavy atom. The van der Waals surface area contributed by atoms with Crippen LogP contribution in [0.3, 0.4) is 0 Å². The second-order valence-corrected chi connectivity index (χ2v) is 3.91. The molecule has 0 spiro atoms. The second kappa shape index (κ2) is 5.07. The summed E-state index contributed by atoms with van der Waals surface area (Å²) in [7, 11) is 0. The molecule has 0 heterocycles. The number of rotatable bonds is 4. The predicted molar refractivity (Wildman–Crippen MR) is 62.0 cm³/mol. The van der Waals surface area contributed by atoms with Gasteiger partial charge >= 0.3 is 5.69 Å². The summed E-state index contributed by atoms with van der Waals surface area (Å²) >= 11 is 3.15. The van der Waals surface area contributed by atoms with E-state index in [-0.39, 0.29) is 22.8 Å². The molecule has 0 bridgehead atoms. The van der Waals surface area contributed by atoms with Gasteiger partial charge in [0.15, 0.2) is 5.78 Å². The standard InChI is InChI=1S/C10H10BrNO4/c1-3-16-10-8(11)4-7(6(2)13)5-9(10)12(14)15/h4-5H,3H2,1-2H3. The van der Waals surface area contributed by atoms with E-state index in [0.717, 1.165) is 0 Å². The Labute approximate surface area is 101 Å². The van der Waals surface area contributed by atoms with Crippen molar-refractivity contribution in [2.24, 2.45) is 0 Å². The van der Waals surface area contributed by atoms with Crippen LogP contribution in [0, 0.1) is 10.1 Å². The molecular weight excluding hydrogens is 278 g/mol. The minimum absolute atomic E-state index is 0.150. The fourth-order valence-electron chi connectivity index (χ4n) is 1.21. The third-order valence-electron chi connectivity index (χ3n) is 1.92. The molecule has 16 heavy (non-hydrogen) atoms. The fraction of sp³-hybridized carbons (Fsp3) is 0.300. The van der Waals surface area contributed by atoms with E-state index in [4.69, 9.17) is 4.74 Å². The van der Waals surface area contributed by atoms with Crippen LogP contribution in [-0.2, 0) is 0 Å². The molecule has 0 atom stereocenters. The molecule has 0 aliphatic heterocycles. The molecule has 0 saturated carbocycles. The summed E-state index contributed by atoms with van der Waals surface area (Å²) in [5.74, 6) is -0.0793. The average molecular weight is 288 g/mol. The molecule has 0 amide bonds. The number of ketones is 1. The molecule has 0 N–H and O–H groups in total. The van der Waals surface area contributed by atoms with Crippen LogP contribution >= 0.6 is 15.9 Å². The lowest BCUT2D eigenvalue weighted by Gasteiger charge is -2.07. The van der Waals surface area contributed by atoms with Gasteiger partial charge < -0.3 is 4.74 Å². The Bertz CT molecular complexity index is 445. The van der Waals surface area contributed by atoms with E-state index in [2.05, 4.69) is 15.9 Å². The molecule has 0 saturated heterocycles. The van der Waals surface area contributed by atoms with Gasteiger partial charge in [-0.3, -0.25) is 14.9 Å². The number of hydrogen-bond acceptors (Lipinski definition) is 4. The maximum absolute atomic E-state index is 11.2. The van der Waals surface area contributed by atoms with E-state index in [1.165, 1.54) is 19.1 Å². The highest BCUT2D eigenvalue weighted by Crippen LogP contribution is 2.36. The summed E-state index contributed by atoms with van der Waals surface area (Å²) in [5.41, 5.74) is 0.0726. The minimum Gasteiger partial charge on any atom is -0.486 e. The van der Waals surface area contributed by atoms with Crippen molar-refractivity contribution in [3.05, 3.63) is 32.3 Å². The van der Waals surface area contributed by atoms with Crippen LogP contribution in [0.25, 0.3) is 0 Å². The van der Waals surface area contributed by atoms with Crippen LogP contribution in [0.5, 0.6) is 5.75 Å². The van der Waals surface area contributed by atoms with Gasteiger partial charge in [0.1, 0.15) is 0 Å². The molecule has 0 radical (unpaired) electrons. The van der Waals surface area contributed by atoms with Crippen molar-refractivity contribution in [1.82, 2.24) is 0 Å². The Morgan fingerprint density at radius 1 is 1.56 bits per heavy atom. The first-order valence-electron chi connectivity index (χ1n) is 4.59. The van der Waals surface area contributed by atoms with Gasteiger partial charge in [-0.2, -0.15) is 0 Å². The van der Waals surface area contributed by atoms with Crippen molar-refractivity contribution in [3.63, 3.8) is 0 Å². The minimum atomic E-state index is -0.567. The quantitative estimate of drug-likeness (QED) is 0.485. The Kier molecular flexibility index (Phi) is 4.00. The second-order valence-electron chi connectivity index (χ2n) is 3.05. The summed E-state index contributed by atoms with van der Waals surface area (Å²) in [6.07, 6.45) is 0. The van der Waals surface area contributed by atoms with Gasteiger partial charge in [0.05, 0.1) is 16.0 Å². The van der Waals surface area contributed by atoms with E-state index in [1.54, 1.807) is 6.92 Å². The fourth-order valence-corrected chi connectivity index (χ4v) is 1.77. The molecule has 1 rings (SSSR count). The molecule has 0 fully saturated rings. The first-order chi connectivity index (χ1) is 7.47. The number of ether oxygens (including phenoxy) is 1. The largest absolute Gasteiger partial charge is 0.486 e. The van der Waals surface area contributed by atoms with Crippen molar-refractivity contribution in [1.29, 1.82) is 0 Å². The lowest BCUT2D eigenvalue weighted by Crippen LogP contribution is -2.01. The van der Waals surface area contributed by atoms with E-state index in [1.807, 2.05) is 0 Å². The van der Waals surface area contributed by atoms with Crippen LogP contribution in [0.2, 0.25) is 0 Å². The maximum atomic E-state index is 11.2. The topological polar surface area (TPSA) is 69.4 Å². The highest BCUT2D eigenvalue weighted by atomic mass is 79.9. The molecule has 1 aromatic rings. The predicted octanol–water partition coefficient (Wildman–Crippen LogP) is 2.96. The van der Waals surface area contributed by atoms with Crippen LogP contribution in [-0.4, -0.2) is 17.3 Å². The summed E-state index contributed by atoms with van der Waals surface area (Å²) in [4.78, 5) is 21.4. The van der Waals surface area contributed by atoms with Crippen molar-refractivity contribution in [3.8, 4) is 5.75 Å². The van der Waals surface area contributed by atoms with E-state index >= 15 is 0 Å². The Hall–Kier alpha value is -1.43. The average Bonchev–Trinajstić information content (AvgIpc) is 2.20. The number of halogens is 1. The van der Waals surface area contributed by atoms with Gasteiger partial charge in [0.2, 0.25) is 5.75 Å². The van der Waals surface area contributed by atoms with Gasteiger partial charge in [-0.05, 0) is 35.8 Å². The normalized spacial score (nSPS) is 9.94. The summed E-state index contributed by atoms with van der Waals surface area (Å²) < 4.78 is 5.57. The van der Waals surface area contributed by atoms with Gasteiger partial charge in [0, 0.05) is 11.6 Å². The summed E-state index contributed by atoms with van der Waals surface area (Å²) in [6, 6.07) is 2.73. The zero-order valence-corrected chi connectivity index (χ0v) is 10.4. The highest BCUT2D eigenvalue weighted by molar-refractivity contribution is 9.10. The molecule has 5 nitrogen and oxygen atoms in total. The number of nitrogens with zero attached hydrogens (tertiary/aromatic N) is 1. The molecule has 6 heteroatoms. The van der Waals surface area contributed by atoms with E-state index < -0.39 is 4.92 Å². The van der Waals surface area contributed by atoms with Crippen LogP contribution in [0.1, 0.15) is 24.2 Å². The zero-order chi connectivity index (χ0) is 12.3. The number of benzene rings is 1. The van der Waals surface area contributed by atoms with Gasteiger partial charge in [-0.15, -0.1) is 0 Å². The third kappa shape index (κ3) is 2.57. The summed E-state index contributed by atoms with van der Waals surface area (Å²) in [5, 5.41) is 10.8. The smallest absolute Gasteiger partial charge is 0.312 e. The molecular formula is C10H10BrNO4. The molecule has 0 unspecified atom stereocenters. The first kappa shape index (κ1) is 12.6. The number of hydrogen-bond donors (Lipinski definition) is 0. The highest BCUT2D eigenvalue weighted by Gasteiger charge is 2.21. The SMILES string of the molecule is CCOc1c(Br)cc(C(C)=O)cc1[N+](=O)[O-]. The third-order valence-corrected chi connectivity index (χ3v) is 2.50. The van der Waals surface area contributed by atoms with Crippen molar-refractivity contribution in [2.45, 2.75) is 13.8 Å². The summed E-state index contributed by atoms with van der Waals surface area (Å²) in [6.45, 7) is 3.40. The lowest BCUT2D eigenvalue weighted by atomic mass is 10.1. The Morgan fingerprint density at radius 3 is 2.62 bits per heavy atom. The zero-order valence-electron chi connectivity index (χ0n) is 8.82. The molecule has 0 aliphatic rings. The number of nitro groups is 1. The maximum Gasteiger partial charge on any atom is 0.312 e. The van der Waals surface area contributed by atoms with Gasteiger partial charge in [0.25, 0.3) is 0 Å². The van der Waals surface area contributed by atoms with Gasteiger partial charge in [-0.25, -0.2) is 0 Å². The number of carbonyl (C=O) groups excluding carboxylic acids is 1. The van der Waals surface area contributed by atoms with Gasteiger partial charge in [-0.1, -0.05) is 0 Å². The van der Waals surface area contributed by atoms with E-state index in [0.29, 0.717) is 11.1 Å². The molecule has 1 aromatic carbocycles. The van der Waals surface area contributed by atoms with E-state index in [9.17, 15) is 14.9 Å². The monoisotopic (exact) mass is 287 g/mol. The van der Waals surface area contributed by atoms with Crippen molar-refractivity contribution < 1.29 is 14.5 Å². The number of carbonyl (C=O) groups is 1. The van der Waals surface area contributed by atoms with Crippen LogP contribution in [0.4, 0.5) is 5.69 Å². The molecule has 0 aliphatic carbocycles. The van der Waals surface area contributed by atoms with Crippen molar-refractivity contribution in [2.75, 3.05) is 6.61 Å².